The average molecular weight is 253 g/mol. The van der Waals surface area contributed by atoms with Gasteiger partial charge in [0.25, 0.3) is 9.05 Å². The lowest BCUT2D eigenvalue weighted by Gasteiger charge is -2.01. The van der Waals surface area contributed by atoms with E-state index in [1.807, 2.05) is 0 Å². The molecule has 0 saturated carbocycles. The van der Waals surface area contributed by atoms with E-state index in [4.69, 9.17) is 10.7 Å². The van der Waals surface area contributed by atoms with Crippen molar-refractivity contribution in [1.29, 1.82) is 0 Å². The van der Waals surface area contributed by atoms with Gasteiger partial charge in [-0.15, -0.1) is 0 Å². The molecule has 0 bridgehead atoms. The van der Waals surface area contributed by atoms with E-state index in [0.717, 1.165) is 10.9 Å². The van der Waals surface area contributed by atoms with Gasteiger partial charge in [0.05, 0.1) is 12.8 Å². The Morgan fingerprint density at radius 1 is 1.67 bits per heavy atom. The molecule has 0 atom stereocenters. The standard InChI is InChI=1S/C7H9ClN2O4S/c1-3-14-7(11)5-4-9-10(2)6(5)15(8,12)13/h4H,3H2,1-2H3. The Morgan fingerprint density at radius 3 is 2.73 bits per heavy atom. The van der Waals surface area contributed by atoms with Crippen LogP contribution in [0, 0.1) is 0 Å². The highest BCUT2D eigenvalue weighted by Crippen LogP contribution is 2.19. The zero-order chi connectivity index (χ0) is 11.6. The molecule has 1 heterocycles. The molecule has 0 unspecified atom stereocenters. The number of nitrogens with zero attached hydrogens (tertiary/aromatic N) is 2. The van der Waals surface area contributed by atoms with Crippen LogP contribution in [0.3, 0.4) is 0 Å². The maximum Gasteiger partial charge on any atom is 0.342 e. The molecular weight excluding hydrogens is 244 g/mol. The lowest BCUT2D eigenvalue weighted by atomic mass is 10.4. The summed E-state index contributed by atoms with van der Waals surface area (Å²) in [6.07, 6.45) is 1.10. The smallest absolute Gasteiger partial charge is 0.342 e. The molecule has 0 aliphatic rings. The van der Waals surface area contributed by atoms with Crippen LogP contribution in [0.5, 0.6) is 0 Å². The van der Waals surface area contributed by atoms with Gasteiger partial charge in [-0.25, -0.2) is 13.2 Å². The summed E-state index contributed by atoms with van der Waals surface area (Å²) in [5, 5.41) is 3.28. The Labute approximate surface area is 91.2 Å². The molecule has 84 valence electrons. The monoisotopic (exact) mass is 252 g/mol. The van der Waals surface area contributed by atoms with Gasteiger partial charge in [-0.05, 0) is 6.92 Å². The van der Waals surface area contributed by atoms with Crippen LogP contribution in [0.25, 0.3) is 0 Å². The van der Waals surface area contributed by atoms with Gasteiger partial charge in [0.1, 0.15) is 5.56 Å². The quantitative estimate of drug-likeness (QED) is 0.579. The zero-order valence-electron chi connectivity index (χ0n) is 8.10. The van der Waals surface area contributed by atoms with Gasteiger partial charge in [0.15, 0.2) is 5.03 Å². The average Bonchev–Trinajstić information content (AvgIpc) is 2.46. The molecule has 0 saturated heterocycles. The minimum atomic E-state index is -4.01. The van der Waals surface area contributed by atoms with Crippen LogP contribution in [-0.2, 0) is 20.8 Å². The molecule has 0 fully saturated rings. The topological polar surface area (TPSA) is 78.3 Å². The van der Waals surface area contributed by atoms with E-state index in [0.29, 0.717) is 0 Å². The summed E-state index contributed by atoms with van der Waals surface area (Å²) in [6, 6.07) is 0. The second-order valence-electron chi connectivity index (χ2n) is 2.65. The first-order valence-electron chi connectivity index (χ1n) is 4.01. The minimum Gasteiger partial charge on any atom is -0.462 e. The molecule has 8 heteroatoms. The molecular formula is C7H9ClN2O4S. The van der Waals surface area contributed by atoms with Crippen molar-refractivity contribution < 1.29 is 17.9 Å². The van der Waals surface area contributed by atoms with Crippen molar-refractivity contribution in [2.24, 2.45) is 7.05 Å². The molecule has 1 aromatic heterocycles. The van der Waals surface area contributed by atoms with E-state index in [1.165, 1.54) is 7.05 Å². The number of carbonyl (C=O) groups is 1. The third-order valence-corrected chi connectivity index (χ3v) is 3.00. The predicted molar refractivity (Wildman–Crippen MR) is 52.2 cm³/mol. The normalized spacial score (nSPS) is 11.4. The Balaban J connectivity index is 3.27. The fourth-order valence-corrected chi connectivity index (χ4v) is 2.37. The van der Waals surface area contributed by atoms with Crippen LogP contribution >= 0.6 is 10.7 Å². The maximum atomic E-state index is 11.3. The first kappa shape index (κ1) is 12.0. The minimum absolute atomic E-state index is 0.148. The molecule has 15 heavy (non-hydrogen) atoms. The van der Waals surface area contributed by atoms with E-state index in [2.05, 4.69) is 9.84 Å². The van der Waals surface area contributed by atoms with Gasteiger partial charge >= 0.3 is 5.97 Å². The summed E-state index contributed by atoms with van der Waals surface area (Å²) in [7, 11) is 2.52. The number of hydrogen-bond acceptors (Lipinski definition) is 5. The number of esters is 1. The van der Waals surface area contributed by atoms with Crippen molar-refractivity contribution in [2.75, 3.05) is 6.61 Å². The first-order chi connectivity index (χ1) is 6.88. The number of ether oxygens (including phenoxy) is 1. The summed E-state index contributed by atoms with van der Waals surface area (Å²) in [6.45, 7) is 1.76. The molecule has 1 rings (SSSR count). The van der Waals surface area contributed by atoms with Gasteiger partial charge in [0.2, 0.25) is 0 Å². The molecule has 0 amide bonds. The van der Waals surface area contributed by atoms with E-state index in [-0.39, 0.29) is 17.2 Å². The number of rotatable bonds is 3. The third-order valence-electron chi connectivity index (χ3n) is 1.61. The lowest BCUT2D eigenvalue weighted by molar-refractivity contribution is 0.0521. The largest absolute Gasteiger partial charge is 0.462 e. The number of halogens is 1. The SMILES string of the molecule is CCOC(=O)c1cnn(C)c1S(=O)(=O)Cl. The highest BCUT2D eigenvalue weighted by Gasteiger charge is 2.26. The zero-order valence-corrected chi connectivity index (χ0v) is 9.67. The van der Waals surface area contributed by atoms with Crippen LogP contribution < -0.4 is 0 Å². The Kier molecular flexibility index (Phi) is 3.35. The second-order valence-corrected chi connectivity index (χ2v) is 5.13. The van der Waals surface area contributed by atoms with Crippen molar-refractivity contribution in [3.8, 4) is 0 Å². The summed E-state index contributed by atoms with van der Waals surface area (Å²) in [5.41, 5.74) is -0.158. The summed E-state index contributed by atoms with van der Waals surface area (Å²) < 4.78 is 28.0. The van der Waals surface area contributed by atoms with Crippen molar-refractivity contribution >= 4 is 25.7 Å². The van der Waals surface area contributed by atoms with Crippen molar-refractivity contribution in [3.05, 3.63) is 11.8 Å². The van der Waals surface area contributed by atoms with E-state index < -0.39 is 15.0 Å². The van der Waals surface area contributed by atoms with Crippen molar-refractivity contribution in [1.82, 2.24) is 9.78 Å². The summed E-state index contributed by atoms with van der Waals surface area (Å²) >= 11 is 0. The number of carbonyl (C=O) groups excluding carboxylic acids is 1. The van der Waals surface area contributed by atoms with Crippen LogP contribution in [0.1, 0.15) is 17.3 Å². The van der Waals surface area contributed by atoms with Gasteiger partial charge in [-0.1, -0.05) is 0 Å². The Bertz CT molecular complexity index is 479. The Hall–Kier alpha value is -1.08. The fourth-order valence-electron chi connectivity index (χ4n) is 1.06. The molecule has 0 spiro atoms. The van der Waals surface area contributed by atoms with E-state index in [9.17, 15) is 13.2 Å². The van der Waals surface area contributed by atoms with Gasteiger partial charge in [-0.2, -0.15) is 5.10 Å². The second kappa shape index (κ2) is 4.19. The molecule has 0 radical (unpaired) electrons. The van der Waals surface area contributed by atoms with Crippen LogP contribution in [0.4, 0.5) is 0 Å². The van der Waals surface area contributed by atoms with Crippen LogP contribution in [0.2, 0.25) is 0 Å². The number of hydrogen-bond donors (Lipinski definition) is 0. The van der Waals surface area contributed by atoms with Gasteiger partial charge < -0.3 is 4.74 Å². The molecule has 0 aromatic carbocycles. The number of aromatic nitrogens is 2. The van der Waals surface area contributed by atoms with Crippen LogP contribution in [0.15, 0.2) is 11.2 Å². The van der Waals surface area contributed by atoms with Gasteiger partial charge in [-0.3, -0.25) is 4.68 Å². The first-order valence-corrected chi connectivity index (χ1v) is 6.32. The lowest BCUT2D eigenvalue weighted by Crippen LogP contribution is -2.10. The molecule has 0 aliphatic carbocycles. The summed E-state index contributed by atoms with van der Waals surface area (Å²) in [4.78, 5) is 11.3. The Morgan fingerprint density at radius 2 is 2.27 bits per heavy atom. The molecule has 0 aliphatic heterocycles. The van der Waals surface area contributed by atoms with Crippen LogP contribution in [-0.4, -0.2) is 30.8 Å². The van der Waals surface area contributed by atoms with E-state index >= 15 is 0 Å². The molecule has 1 aromatic rings. The van der Waals surface area contributed by atoms with E-state index in [1.54, 1.807) is 6.92 Å². The molecule has 6 nitrogen and oxygen atoms in total. The highest BCUT2D eigenvalue weighted by molar-refractivity contribution is 8.13. The summed E-state index contributed by atoms with van der Waals surface area (Å²) in [5.74, 6) is -0.759. The third kappa shape index (κ3) is 2.48. The maximum absolute atomic E-state index is 11.3. The fraction of sp³-hybridized carbons (Fsp3) is 0.429. The number of aryl methyl sites for hydroxylation is 1. The highest BCUT2D eigenvalue weighted by atomic mass is 35.7. The van der Waals surface area contributed by atoms with Crippen molar-refractivity contribution in [2.45, 2.75) is 11.9 Å². The predicted octanol–water partition coefficient (Wildman–Crippen LogP) is 0.524. The molecule has 0 N–H and O–H groups in total. The van der Waals surface area contributed by atoms with Crippen molar-refractivity contribution in [3.63, 3.8) is 0 Å². The van der Waals surface area contributed by atoms with Gasteiger partial charge in [0, 0.05) is 17.7 Å².